The number of nitrogens with one attached hydrogen (secondary N) is 2. The van der Waals surface area contributed by atoms with E-state index in [1.165, 1.54) is 6.20 Å². The molecule has 208 valence electrons. The van der Waals surface area contributed by atoms with Crippen LogP contribution in [0.4, 0.5) is 5.69 Å². The Morgan fingerprint density at radius 3 is 2.00 bits per heavy atom. The Morgan fingerprint density at radius 1 is 0.769 bits per heavy atom. The molecule has 0 saturated carbocycles. The molecule has 0 heterocycles. The van der Waals surface area contributed by atoms with E-state index < -0.39 is 0 Å². The standard InChI is InChI=1S/C27H31N3O4.C4H6.CH4/c31-30(24-12-14-27(15-13-24)34-26-10-5-2-6-11-26)20-17-28-16-7-21-32-22-18-29-19-23-33-25-8-3-1-4-9-25;1-3-4-2;/h1-15,17,20-21,28-29,31H,16,18-19,22-23H2;3-4H,1-2H2;1H4/b20-17-,21-7-;;. The van der Waals surface area contributed by atoms with Gasteiger partial charge in [0.1, 0.15) is 23.9 Å². The van der Waals surface area contributed by atoms with Crippen LogP contribution < -0.4 is 25.2 Å². The number of ether oxygens (including phenoxy) is 3. The number of anilines is 1. The summed E-state index contributed by atoms with van der Waals surface area (Å²) in [6.07, 6.45) is 9.99. The van der Waals surface area contributed by atoms with E-state index in [1.54, 1.807) is 48.9 Å². The quantitative estimate of drug-likeness (QED) is 0.0801. The molecule has 0 atom stereocenters. The van der Waals surface area contributed by atoms with Crippen LogP contribution in [-0.4, -0.2) is 38.1 Å². The molecule has 0 amide bonds. The molecule has 0 aromatic heterocycles. The van der Waals surface area contributed by atoms with Gasteiger partial charge >= 0.3 is 0 Å². The maximum atomic E-state index is 10.1. The molecule has 3 N–H and O–H groups in total. The van der Waals surface area contributed by atoms with Crippen LogP contribution in [0.5, 0.6) is 17.2 Å². The van der Waals surface area contributed by atoms with Crippen molar-refractivity contribution in [2.24, 2.45) is 0 Å². The lowest BCUT2D eigenvalue weighted by molar-refractivity contribution is 0.242. The van der Waals surface area contributed by atoms with Crippen molar-refractivity contribution >= 4 is 5.69 Å². The predicted octanol–water partition coefficient (Wildman–Crippen LogP) is 6.93. The van der Waals surface area contributed by atoms with Gasteiger partial charge in [0.15, 0.2) is 0 Å². The van der Waals surface area contributed by atoms with Crippen molar-refractivity contribution in [2.45, 2.75) is 7.43 Å². The van der Waals surface area contributed by atoms with Crippen molar-refractivity contribution in [3.8, 4) is 17.2 Å². The van der Waals surface area contributed by atoms with E-state index >= 15 is 0 Å². The summed E-state index contributed by atoms with van der Waals surface area (Å²) >= 11 is 0. The molecule has 3 aromatic carbocycles. The highest BCUT2D eigenvalue weighted by molar-refractivity contribution is 5.49. The summed E-state index contributed by atoms with van der Waals surface area (Å²) < 4.78 is 16.8. The van der Waals surface area contributed by atoms with E-state index in [4.69, 9.17) is 14.2 Å². The Bertz CT molecular complexity index is 1070. The van der Waals surface area contributed by atoms with Crippen molar-refractivity contribution in [3.63, 3.8) is 0 Å². The van der Waals surface area contributed by atoms with Gasteiger partial charge in [-0.1, -0.05) is 69.1 Å². The Labute approximate surface area is 233 Å². The number of para-hydroxylation sites is 2. The van der Waals surface area contributed by atoms with Gasteiger partial charge in [0.25, 0.3) is 0 Å². The number of hydroxylamine groups is 1. The molecule has 3 rings (SSSR count). The van der Waals surface area contributed by atoms with Gasteiger partial charge in [0.2, 0.25) is 0 Å². The molecule has 0 aliphatic carbocycles. The van der Waals surface area contributed by atoms with Crippen LogP contribution in [0.25, 0.3) is 0 Å². The third kappa shape index (κ3) is 15.4. The SMILES string of the molecule is C.C=CC=C.ON(/C=C\NC/C=C\OCCNCCOc1ccccc1)c1ccc(Oc2ccccc2)cc1. The first-order valence-electron chi connectivity index (χ1n) is 12.3. The minimum absolute atomic E-state index is 0. The zero-order valence-electron chi connectivity index (χ0n) is 21.6. The minimum Gasteiger partial charge on any atom is -0.500 e. The monoisotopic (exact) mass is 531 g/mol. The van der Waals surface area contributed by atoms with Crippen LogP contribution in [0.2, 0.25) is 0 Å². The second-order valence-electron chi connectivity index (χ2n) is 7.60. The van der Waals surface area contributed by atoms with Crippen molar-refractivity contribution in [2.75, 3.05) is 37.9 Å². The highest BCUT2D eigenvalue weighted by Crippen LogP contribution is 2.23. The Balaban J connectivity index is 0.00000142. The fourth-order valence-electron chi connectivity index (χ4n) is 2.84. The summed E-state index contributed by atoms with van der Waals surface area (Å²) in [6, 6.07) is 26.5. The molecule has 39 heavy (non-hydrogen) atoms. The number of hydrogen-bond donors (Lipinski definition) is 3. The van der Waals surface area contributed by atoms with Gasteiger partial charge in [-0.05, 0) is 54.6 Å². The van der Waals surface area contributed by atoms with Crippen LogP contribution in [0.3, 0.4) is 0 Å². The molecule has 0 fully saturated rings. The topological polar surface area (TPSA) is 75.2 Å². The Morgan fingerprint density at radius 2 is 1.36 bits per heavy atom. The fourth-order valence-corrected chi connectivity index (χ4v) is 2.84. The molecule has 3 aromatic rings. The van der Waals surface area contributed by atoms with Gasteiger partial charge in [0.05, 0.1) is 18.6 Å². The van der Waals surface area contributed by atoms with E-state index in [0.29, 0.717) is 31.2 Å². The minimum atomic E-state index is 0. The van der Waals surface area contributed by atoms with Gasteiger partial charge in [-0.3, -0.25) is 5.21 Å². The summed E-state index contributed by atoms with van der Waals surface area (Å²) in [4.78, 5) is 0. The lowest BCUT2D eigenvalue weighted by Crippen LogP contribution is -2.24. The first-order chi connectivity index (χ1) is 18.7. The molecule has 0 aliphatic rings. The summed E-state index contributed by atoms with van der Waals surface area (Å²) in [5.74, 6) is 2.34. The Kier molecular flexibility index (Phi) is 18.0. The number of hydrogen-bond acceptors (Lipinski definition) is 7. The van der Waals surface area contributed by atoms with Crippen LogP contribution in [-0.2, 0) is 4.74 Å². The molecule has 0 spiro atoms. The lowest BCUT2D eigenvalue weighted by Gasteiger charge is -2.13. The summed E-state index contributed by atoms with van der Waals surface area (Å²) in [5.41, 5.74) is 0.624. The number of nitrogens with zero attached hydrogens (tertiary/aromatic N) is 1. The fraction of sp³-hybridized carbons (Fsp3) is 0.188. The van der Waals surface area contributed by atoms with Gasteiger partial charge in [-0.15, -0.1) is 0 Å². The van der Waals surface area contributed by atoms with Crippen LogP contribution in [0.15, 0.2) is 135 Å². The van der Waals surface area contributed by atoms with Crippen molar-refractivity contribution in [1.29, 1.82) is 0 Å². The molecule has 0 bridgehead atoms. The first kappa shape index (κ1) is 32.6. The van der Waals surface area contributed by atoms with E-state index in [2.05, 4.69) is 23.8 Å². The lowest BCUT2D eigenvalue weighted by atomic mass is 10.3. The number of rotatable bonds is 16. The molecule has 0 unspecified atom stereocenters. The smallest absolute Gasteiger partial charge is 0.127 e. The molecule has 7 nitrogen and oxygen atoms in total. The van der Waals surface area contributed by atoms with E-state index in [9.17, 15) is 5.21 Å². The zero-order valence-corrected chi connectivity index (χ0v) is 21.6. The predicted molar refractivity (Wildman–Crippen MR) is 161 cm³/mol. The highest BCUT2D eigenvalue weighted by atomic mass is 16.5. The Hall–Kier alpha value is -4.46. The van der Waals surface area contributed by atoms with Crippen LogP contribution in [0.1, 0.15) is 7.43 Å². The maximum absolute atomic E-state index is 10.1. The summed E-state index contributed by atoms with van der Waals surface area (Å²) in [5, 5.41) is 17.5. The van der Waals surface area contributed by atoms with E-state index in [1.807, 2.05) is 66.7 Å². The molecule has 0 aliphatic heterocycles. The van der Waals surface area contributed by atoms with Gasteiger partial charge in [0, 0.05) is 32.0 Å². The van der Waals surface area contributed by atoms with Gasteiger partial charge < -0.3 is 24.8 Å². The normalized spacial score (nSPS) is 10.1. The summed E-state index contributed by atoms with van der Waals surface area (Å²) in [6.45, 7) is 9.99. The molecular formula is C32H41N3O4. The third-order valence-electron chi connectivity index (χ3n) is 4.70. The summed E-state index contributed by atoms with van der Waals surface area (Å²) in [7, 11) is 0. The average Bonchev–Trinajstić information content (AvgIpc) is 2.97. The number of benzene rings is 3. The van der Waals surface area contributed by atoms with E-state index in [-0.39, 0.29) is 7.43 Å². The second kappa shape index (κ2) is 21.6. The number of allylic oxidation sites excluding steroid dienone is 2. The largest absolute Gasteiger partial charge is 0.500 e. The molecule has 7 heteroatoms. The van der Waals surface area contributed by atoms with Crippen molar-refractivity contribution in [3.05, 3.63) is 135 Å². The second-order valence-corrected chi connectivity index (χ2v) is 7.60. The third-order valence-corrected chi connectivity index (χ3v) is 4.70. The highest BCUT2D eigenvalue weighted by Gasteiger charge is 2.01. The van der Waals surface area contributed by atoms with Crippen LogP contribution in [0, 0.1) is 0 Å². The zero-order chi connectivity index (χ0) is 27.1. The van der Waals surface area contributed by atoms with E-state index in [0.717, 1.165) is 29.7 Å². The van der Waals surface area contributed by atoms with Gasteiger partial charge in [-0.2, -0.15) is 0 Å². The molecule has 0 saturated heterocycles. The maximum Gasteiger partial charge on any atom is 0.127 e. The average molecular weight is 532 g/mol. The molecular weight excluding hydrogens is 490 g/mol. The first-order valence-corrected chi connectivity index (χ1v) is 12.3. The van der Waals surface area contributed by atoms with Crippen molar-refractivity contribution < 1.29 is 19.4 Å². The van der Waals surface area contributed by atoms with Crippen LogP contribution >= 0.6 is 0 Å². The van der Waals surface area contributed by atoms with Gasteiger partial charge in [-0.25, -0.2) is 5.06 Å². The molecule has 0 radical (unpaired) electrons. The van der Waals surface area contributed by atoms with Crippen molar-refractivity contribution in [1.82, 2.24) is 10.6 Å².